The molecule has 0 aliphatic rings. The Kier molecular flexibility index (Phi) is 5.36. The molecule has 21 heavy (non-hydrogen) atoms. The van der Waals surface area contributed by atoms with Crippen LogP contribution in [0.2, 0.25) is 0 Å². The minimum Gasteiger partial charge on any atom is -0.380 e. The number of ether oxygens (including phenoxy) is 1. The largest absolute Gasteiger partial charge is 0.380 e. The fourth-order valence-electron chi connectivity index (χ4n) is 2.18. The summed E-state index contributed by atoms with van der Waals surface area (Å²) in [6.45, 7) is 5.99. The predicted molar refractivity (Wildman–Crippen MR) is 85.0 cm³/mol. The van der Waals surface area contributed by atoms with Crippen LogP contribution in [0.1, 0.15) is 29.2 Å². The number of hydrogen-bond acceptors (Lipinski definition) is 3. The third-order valence-corrected chi connectivity index (χ3v) is 3.34. The van der Waals surface area contributed by atoms with E-state index in [0.717, 1.165) is 11.3 Å². The molecule has 0 saturated carbocycles. The van der Waals surface area contributed by atoms with Crippen molar-refractivity contribution in [2.75, 3.05) is 11.9 Å². The van der Waals surface area contributed by atoms with E-state index in [1.165, 1.54) is 11.1 Å². The molecule has 0 amide bonds. The van der Waals surface area contributed by atoms with Crippen LogP contribution in [0.25, 0.3) is 0 Å². The molecule has 1 N–H and O–H groups in total. The Morgan fingerprint density at radius 2 is 1.90 bits per heavy atom. The molecule has 3 heteroatoms. The molecule has 0 spiro atoms. The molecule has 0 aliphatic heterocycles. The van der Waals surface area contributed by atoms with Crippen LogP contribution < -0.4 is 5.32 Å². The number of benzene rings is 2. The first-order chi connectivity index (χ1) is 10.2. The molecule has 3 nitrogen and oxygen atoms in total. The predicted octanol–water partition coefficient (Wildman–Crippen LogP) is 4.02. The highest BCUT2D eigenvalue weighted by molar-refractivity contribution is 5.58. The molecule has 0 unspecified atom stereocenters. The highest BCUT2D eigenvalue weighted by Crippen LogP contribution is 2.18. The molecule has 0 aliphatic carbocycles. The van der Waals surface area contributed by atoms with Crippen LogP contribution in [0.5, 0.6) is 0 Å². The van der Waals surface area contributed by atoms with Crippen molar-refractivity contribution in [1.29, 1.82) is 5.26 Å². The van der Waals surface area contributed by atoms with Crippen molar-refractivity contribution in [1.82, 2.24) is 0 Å². The lowest BCUT2D eigenvalue weighted by Gasteiger charge is -2.12. The van der Waals surface area contributed by atoms with E-state index in [9.17, 15) is 5.26 Å². The summed E-state index contributed by atoms with van der Waals surface area (Å²) in [6, 6.07) is 16.3. The Morgan fingerprint density at radius 3 is 2.62 bits per heavy atom. The van der Waals surface area contributed by atoms with Crippen molar-refractivity contribution in [3.63, 3.8) is 0 Å². The van der Waals surface area contributed by atoms with Gasteiger partial charge >= 0.3 is 0 Å². The smallest absolute Gasteiger partial charge is 0.101 e. The van der Waals surface area contributed by atoms with Crippen LogP contribution in [-0.2, 0) is 17.9 Å². The Bertz CT molecular complexity index is 644. The van der Waals surface area contributed by atoms with Gasteiger partial charge in [-0.3, -0.25) is 0 Å². The van der Waals surface area contributed by atoms with Gasteiger partial charge in [0.05, 0.1) is 17.9 Å². The summed E-state index contributed by atoms with van der Waals surface area (Å²) in [5.41, 5.74) is 5.01. The lowest BCUT2D eigenvalue weighted by atomic mass is 10.1. The molecular weight excluding hydrogens is 260 g/mol. The van der Waals surface area contributed by atoms with Gasteiger partial charge in [0, 0.05) is 13.2 Å². The minimum atomic E-state index is 0.618. The third-order valence-electron chi connectivity index (χ3n) is 3.34. The highest BCUT2D eigenvalue weighted by atomic mass is 16.5. The number of aryl methyl sites for hydroxylation is 1. The molecular formula is C18H20N2O. The van der Waals surface area contributed by atoms with Crippen molar-refractivity contribution >= 4 is 5.69 Å². The summed E-state index contributed by atoms with van der Waals surface area (Å²) in [7, 11) is 0. The van der Waals surface area contributed by atoms with Crippen molar-refractivity contribution < 1.29 is 4.74 Å². The van der Waals surface area contributed by atoms with Crippen LogP contribution >= 0.6 is 0 Å². The van der Waals surface area contributed by atoms with E-state index >= 15 is 0 Å². The quantitative estimate of drug-likeness (QED) is 0.869. The summed E-state index contributed by atoms with van der Waals surface area (Å²) in [5.74, 6) is 0. The number of nitrogens with one attached hydrogen (secondary N) is 1. The molecule has 0 radical (unpaired) electrons. The average molecular weight is 280 g/mol. The first kappa shape index (κ1) is 15.1. The number of nitrogens with zero attached hydrogens (tertiary/aromatic N) is 1. The Balaban J connectivity index is 2.12. The molecule has 2 rings (SSSR count). The van der Waals surface area contributed by atoms with E-state index in [0.29, 0.717) is 25.3 Å². The van der Waals surface area contributed by atoms with Crippen molar-refractivity contribution in [3.05, 3.63) is 64.7 Å². The van der Waals surface area contributed by atoms with E-state index in [-0.39, 0.29) is 0 Å². The van der Waals surface area contributed by atoms with Gasteiger partial charge in [0.25, 0.3) is 0 Å². The number of rotatable bonds is 6. The molecule has 0 saturated heterocycles. The Hall–Kier alpha value is -2.31. The van der Waals surface area contributed by atoms with Gasteiger partial charge in [-0.2, -0.15) is 5.26 Å². The van der Waals surface area contributed by atoms with E-state index < -0.39 is 0 Å². The lowest BCUT2D eigenvalue weighted by Crippen LogP contribution is -2.05. The Labute approximate surface area is 126 Å². The minimum absolute atomic E-state index is 0.618. The zero-order valence-corrected chi connectivity index (χ0v) is 12.5. The summed E-state index contributed by atoms with van der Waals surface area (Å²) in [4.78, 5) is 0. The molecule has 0 heterocycles. The van der Waals surface area contributed by atoms with Gasteiger partial charge in [0.15, 0.2) is 0 Å². The fourth-order valence-corrected chi connectivity index (χ4v) is 2.18. The molecule has 2 aromatic rings. The molecule has 0 atom stereocenters. The second kappa shape index (κ2) is 7.47. The van der Waals surface area contributed by atoms with Crippen molar-refractivity contribution in [2.24, 2.45) is 0 Å². The molecule has 108 valence electrons. The topological polar surface area (TPSA) is 45.0 Å². The van der Waals surface area contributed by atoms with E-state index in [4.69, 9.17) is 4.74 Å². The monoisotopic (exact) mass is 280 g/mol. The number of anilines is 1. The summed E-state index contributed by atoms with van der Waals surface area (Å²) in [6.07, 6.45) is 0. The average Bonchev–Trinajstić information content (AvgIpc) is 2.52. The second-order valence-corrected chi connectivity index (χ2v) is 4.92. The summed E-state index contributed by atoms with van der Waals surface area (Å²) < 4.78 is 5.49. The normalized spacial score (nSPS) is 10.1. The van der Waals surface area contributed by atoms with Gasteiger partial charge in [0.1, 0.15) is 6.07 Å². The van der Waals surface area contributed by atoms with Gasteiger partial charge < -0.3 is 10.1 Å². The van der Waals surface area contributed by atoms with Gasteiger partial charge in [-0.05, 0) is 42.7 Å². The number of nitriles is 1. The summed E-state index contributed by atoms with van der Waals surface area (Å²) >= 11 is 0. The van der Waals surface area contributed by atoms with Crippen LogP contribution in [0, 0.1) is 18.3 Å². The van der Waals surface area contributed by atoms with Crippen molar-refractivity contribution in [2.45, 2.75) is 27.0 Å². The van der Waals surface area contributed by atoms with Crippen LogP contribution in [0.15, 0.2) is 42.5 Å². The molecule has 0 aromatic heterocycles. The zero-order chi connectivity index (χ0) is 15.1. The van der Waals surface area contributed by atoms with Crippen LogP contribution in [0.3, 0.4) is 0 Å². The van der Waals surface area contributed by atoms with Crippen LogP contribution in [-0.4, -0.2) is 6.61 Å². The standard InChI is InChI=1S/C18H20N2O/c1-3-21-13-16-7-5-4-6-15(16)12-20-18-9-8-14(2)10-17(18)11-19/h4-10,20H,3,12-13H2,1-2H3. The maximum Gasteiger partial charge on any atom is 0.101 e. The van der Waals surface area contributed by atoms with Crippen LogP contribution in [0.4, 0.5) is 5.69 Å². The van der Waals surface area contributed by atoms with E-state index in [1.807, 2.05) is 44.2 Å². The first-order valence-electron chi connectivity index (χ1n) is 7.13. The lowest BCUT2D eigenvalue weighted by molar-refractivity contribution is 0.133. The number of hydrogen-bond donors (Lipinski definition) is 1. The van der Waals surface area contributed by atoms with Gasteiger partial charge in [-0.1, -0.05) is 30.3 Å². The zero-order valence-electron chi connectivity index (χ0n) is 12.5. The van der Waals surface area contributed by atoms with Gasteiger partial charge in [-0.25, -0.2) is 0 Å². The second-order valence-electron chi connectivity index (χ2n) is 4.92. The maximum absolute atomic E-state index is 9.20. The van der Waals surface area contributed by atoms with Gasteiger partial charge in [-0.15, -0.1) is 0 Å². The van der Waals surface area contributed by atoms with Gasteiger partial charge in [0.2, 0.25) is 0 Å². The first-order valence-corrected chi connectivity index (χ1v) is 7.13. The van der Waals surface area contributed by atoms with E-state index in [1.54, 1.807) is 0 Å². The van der Waals surface area contributed by atoms with Crippen molar-refractivity contribution in [3.8, 4) is 6.07 Å². The molecule has 0 bridgehead atoms. The fraction of sp³-hybridized carbons (Fsp3) is 0.278. The maximum atomic E-state index is 9.20. The Morgan fingerprint density at radius 1 is 1.14 bits per heavy atom. The highest BCUT2D eigenvalue weighted by Gasteiger charge is 2.05. The summed E-state index contributed by atoms with van der Waals surface area (Å²) in [5, 5.41) is 12.5. The van der Waals surface area contributed by atoms with E-state index in [2.05, 4.69) is 23.5 Å². The molecule has 0 fully saturated rings. The third kappa shape index (κ3) is 4.08. The SMILES string of the molecule is CCOCc1ccccc1CNc1ccc(C)cc1C#N. The molecule has 2 aromatic carbocycles.